The third-order valence-corrected chi connectivity index (χ3v) is 9.69. The summed E-state index contributed by atoms with van der Waals surface area (Å²) in [6.07, 6.45) is 4.92. The molecule has 17 nitrogen and oxygen atoms in total. The second-order valence-corrected chi connectivity index (χ2v) is 17.7. The van der Waals surface area contributed by atoms with Crippen LogP contribution >= 0.6 is 63.1 Å². The first-order valence-corrected chi connectivity index (χ1v) is 24.7. The SMILES string of the molecule is C1CC1.Cc1ccc(S(=O)(=O)O)cc1.Cc1ccccc1.O=C(CCS)OCC(COC(=O)CCS)(COC(=O)CCS)COC(=O)CCS.O=C(O)CCS.OCC(CO)(CO)CO. The van der Waals surface area contributed by atoms with Gasteiger partial charge in [0.1, 0.15) is 31.8 Å². The Hall–Kier alpha value is -2.71. The summed E-state index contributed by atoms with van der Waals surface area (Å²) in [4.78, 5) is 56.6. The minimum Gasteiger partial charge on any atom is -0.481 e. The average molecular weight is 1040 g/mol. The fourth-order valence-electron chi connectivity index (χ4n) is 3.48. The van der Waals surface area contributed by atoms with Gasteiger partial charge in [-0.05, 0) is 26.0 Å². The molecule has 1 saturated carbocycles. The van der Waals surface area contributed by atoms with Crippen molar-refractivity contribution in [2.24, 2.45) is 10.8 Å². The van der Waals surface area contributed by atoms with Gasteiger partial charge in [0.25, 0.3) is 10.1 Å². The molecule has 0 saturated heterocycles. The van der Waals surface area contributed by atoms with Gasteiger partial charge in [-0.3, -0.25) is 28.5 Å². The van der Waals surface area contributed by atoms with Crippen LogP contribution in [0, 0.1) is 24.7 Å². The molecule has 0 unspecified atom stereocenters. The summed E-state index contributed by atoms with van der Waals surface area (Å²) >= 11 is 19.6. The molecule has 1 fully saturated rings. The Kier molecular flexibility index (Phi) is 42.5. The molecule has 2 aromatic carbocycles. The van der Waals surface area contributed by atoms with Gasteiger partial charge in [0, 0.05) is 28.8 Å². The van der Waals surface area contributed by atoms with Crippen molar-refractivity contribution in [3.05, 3.63) is 65.7 Å². The number of carboxylic acid groups (broad SMARTS) is 1. The van der Waals surface area contributed by atoms with E-state index in [4.69, 9.17) is 49.0 Å². The Morgan fingerprint density at radius 1 is 0.508 bits per heavy atom. The van der Waals surface area contributed by atoms with Crippen molar-refractivity contribution in [3.63, 3.8) is 0 Å². The smallest absolute Gasteiger partial charge is 0.306 e. The fourth-order valence-corrected chi connectivity index (χ4v) is 4.88. The van der Waals surface area contributed by atoms with E-state index in [1.807, 2.05) is 25.1 Å². The highest BCUT2D eigenvalue weighted by Crippen LogP contribution is 2.23. The number of carboxylic acids is 1. The molecule has 0 bridgehead atoms. The lowest BCUT2D eigenvalue weighted by Crippen LogP contribution is -2.44. The molecule has 6 N–H and O–H groups in total. The normalized spacial score (nSPS) is 11.3. The predicted octanol–water partition coefficient (Wildman–Crippen LogP) is 4.17. The molecule has 1 aliphatic carbocycles. The third-order valence-electron chi connectivity index (χ3n) is 7.70. The van der Waals surface area contributed by atoms with Crippen molar-refractivity contribution in [2.75, 3.05) is 81.6 Å². The molecule has 0 amide bonds. The van der Waals surface area contributed by atoms with E-state index in [1.54, 1.807) is 12.1 Å². The Labute approximate surface area is 410 Å². The summed E-state index contributed by atoms with van der Waals surface area (Å²) < 4.78 is 50.4. The highest BCUT2D eigenvalue weighted by Gasteiger charge is 2.38. The maximum absolute atomic E-state index is 11.8. The fraction of sp³-hybridized carbons (Fsp3) is 0.595. The second kappa shape index (κ2) is 41.5. The number of carbonyl (C=O) groups excluding carboxylic acids is 4. The summed E-state index contributed by atoms with van der Waals surface area (Å²) in [5.41, 5.74) is -0.0864. The van der Waals surface area contributed by atoms with Crippen LogP contribution in [-0.4, -0.2) is 150 Å². The van der Waals surface area contributed by atoms with Crippen LogP contribution in [0.25, 0.3) is 0 Å². The Morgan fingerprint density at radius 2 is 0.800 bits per heavy atom. The number of benzene rings is 2. The standard InChI is InChI=1S/C17H28O8S4.C7H8O3S.C7H8.C5H12O4.C3H6O2S.C3H6/c18-13(1-5-26)22-9-17(10-23-14(19)2-6-27,11-24-15(20)3-7-28)12-25-16(21)4-8-29;1-6-2-4-7(5-3-6)11(8,9)10;1-7-5-3-2-4-6-7;6-1-5(2-7,3-8)4-9;4-3(5)1-2-6;1-2-3-1/h26-29H,1-12H2;2-5H,1H3,(H,8,9,10);2-6H,1H3;6-9H,1-4H2;6H,1-2H2,(H,4,5);1-3H2. The number of hydrogen-bond acceptors (Lipinski definition) is 20. The van der Waals surface area contributed by atoms with Crippen LogP contribution in [-0.2, 0) is 53.0 Å². The lowest BCUT2D eigenvalue weighted by Gasteiger charge is -2.31. The zero-order valence-corrected chi connectivity index (χ0v) is 42.2. The number of aliphatic hydroxyl groups excluding tert-OH is 4. The number of hydrogen-bond donors (Lipinski definition) is 11. The second-order valence-electron chi connectivity index (χ2n) is 14.0. The van der Waals surface area contributed by atoms with E-state index < -0.39 is 77.2 Å². The van der Waals surface area contributed by atoms with E-state index in [0.29, 0.717) is 5.75 Å². The summed E-state index contributed by atoms with van der Waals surface area (Å²) in [5, 5.41) is 41.9. The molecular formula is C42H68O17S6. The van der Waals surface area contributed by atoms with Gasteiger partial charge in [0.05, 0.1) is 68.8 Å². The number of aryl methyl sites for hydroxylation is 2. The summed E-state index contributed by atoms with van der Waals surface area (Å²) in [7, 11) is -4.02. The van der Waals surface area contributed by atoms with Crippen molar-refractivity contribution in [3.8, 4) is 0 Å². The maximum Gasteiger partial charge on any atom is 0.306 e. The number of aliphatic carboxylic acids is 1. The topological polar surface area (TPSA) is 278 Å². The Bertz CT molecular complexity index is 1550. The highest BCUT2D eigenvalue weighted by molar-refractivity contribution is 7.85. The number of aliphatic hydroxyl groups is 4. The zero-order chi connectivity index (χ0) is 50.2. The van der Waals surface area contributed by atoms with Crippen molar-refractivity contribution >= 4 is 103 Å². The Balaban J connectivity index is -0.000000854. The number of rotatable bonds is 23. The average Bonchev–Trinajstić information content (AvgIpc) is 4.16. The maximum atomic E-state index is 11.8. The highest BCUT2D eigenvalue weighted by atomic mass is 32.2. The third kappa shape index (κ3) is 40.1. The number of carbonyl (C=O) groups is 5. The molecule has 23 heteroatoms. The zero-order valence-electron chi connectivity index (χ0n) is 36.9. The summed E-state index contributed by atoms with van der Waals surface area (Å²) in [6.45, 7) is 1.17. The van der Waals surface area contributed by atoms with E-state index in [9.17, 15) is 32.4 Å². The van der Waals surface area contributed by atoms with E-state index >= 15 is 0 Å². The molecule has 0 radical (unpaired) electrons. The van der Waals surface area contributed by atoms with Gasteiger partial charge in [-0.15, -0.1) is 0 Å². The van der Waals surface area contributed by atoms with E-state index in [-0.39, 0.29) is 86.4 Å². The summed E-state index contributed by atoms with van der Waals surface area (Å²) in [6, 6.07) is 16.2. The van der Waals surface area contributed by atoms with Gasteiger partial charge in [0.15, 0.2) is 0 Å². The van der Waals surface area contributed by atoms with Gasteiger partial charge in [-0.2, -0.15) is 71.6 Å². The van der Waals surface area contributed by atoms with Crippen molar-refractivity contribution in [1.82, 2.24) is 0 Å². The van der Waals surface area contributed by atoms with Crippen LogP contribution < -0.4 is 0 Å². The van der Waals surface area contributed by atoms with Crippen LogP contribution in [0.1, 0.15) is 62.5 Å². The molecule has 0 heterocycles. The van der Waals surface area contributed by atoms with Crippen molar-refractivity contribution < 1.29 is 81.4 Å². The van der Waals surface area contributed by atoms with Crippen molar-refractivity contribution in [1.29, 1.82) is 0 Å². The van der Waals surface area contributed by atoms with E-state index in [0.717, 1.165) is 5.56 Å². The van der Waals surface area contributed by atoms with Gasteiger partial charge in [0.2, 0.25) is 0 Å². The number of esters is 4. The first-order chi connectivity index (χ1) is 30.7. The van der Waals surface area contributed by atoms with Crippen LogP contribution in [0.4, 0.5) is 0 Å². The molecule has 2 aromatic rings. The van der Waals surface area contributed by atoms with Crippen LogP contribution in [0.5, 0.6) is 0 Å². The molecule has 3 rings (SSSR count). The van der Waals surface area contributed by atoms with Gasteiger partial charge < -0.3 is 44.5 Å². The number of thiol groups is 5. The Morgan fingerprint density at radius 3 is 0.969 bits per heavy atom. The van der Waals surface area contributed by atoms with Gasteiger partial charge >= 0.3 is 29.8 Å². The predicted molar refractivity (Wildman–Crippen MR) is 263 cm³/mol. The largest absolute Gasteiger partial charge is 0.481 e. The van der Waals surface area contributed by atoms with E-state index in [1.165, 1.54) is 37.0 Å². The molecule has 0 aromatic heterocycles. The van der Waals surface area contributed by atoms with E-state index in [2.05, 4.69) is 82.2 Å². The monoisotopic (exact) mass is 1040 g/mol. The number of ether oxygens (including phenoxy) is 4. The molecule has 0 aliphatic heterocycles. The van der Waals surface area contributed by atoms with Crippen LogP contribution in [0.15, 0.2) is 59.5 Å². The molecule has 0 atom stereocenters. The lowest BCUT2D eigenvalue weighted by atomic mass is 9.92. The minimum atomic E-state index is -4.02. The van der Waals surface area contributed by atoms with Crippen LogP contribution in [0.2, 0.25) is 0 Å². The molecule has 65 heavy (non-hydrogen) atoms. The first kappa shape index (κ1) is 66.6. The lowest BCUT2D eigenvalue weighted by molar-refractivity contribution is -0.170. The minimum absolute atomic E-state index is 0.0666. The first-order valence-electron chi connectivity index (χ1n) is 20.1. The van der Waals surface area contributed by atoms with Gasteiger partial charge in [-0.25, -0.2) is 0 Å². The summed E-state index contributed by atoms with van der Waals surface area (Å²) in [5.74, 6) is -1.34. The van der Waals surface area contributed by atoms with Crippen LogP contribution in [0.3, 0.4) is 0 Å². The molecular weight excluding hydrogens is 969 g/mol. The molecule has 374 valence electrons. The van der Waals surface area contributed by atoms with Crippen molar-refractivity contribution in [2.45, 2.75) is 70.1 Å². The quantitative estimate of drug-likeness (QED) is 0.0323. The van der Waals surface area contributed by atoms with Gasteiger partial charge in [-0.1, -0.05) is 72.9 Å². The molecule has 0 spiro atoms. The molecule has 1 aliphatic rings.